The molecule has 0 radical (unpaired) electrons. The van der Waals surface area contributed by atoms with E-state index in [1.165, 1.54) is 35.7 Å². The Hall–Kier alpha value is -1.48. The minimum absolute atomic E-state index is 0.479. The zero-order valence-corrected chi connectivity index (χ0v) is 11.1. The molecule has 2 heterocycles. The summed E-state index contributed by atoms with van der Waals surface area (Å²) in [7, 11) is 3.83. The van der Waals surface area contributed by atoms with Crippen LogP contribution in [0.4, 0.5) is 0 Å². The Bertz CT molecular complexity index is 553. The van der Waals surface area contributed by atoms with Crippen LogP contribution in [0.2, 0.25) is 0 Å². The van der Waals surface area contributed by atoms with Crippen molar-refractivity contribution in [3.05, 3.63) is 30.0 Å². The van der Waals surface area contributed by atoms with Gasteiger partial charge in [-0.3, -0.25) is 0 Å². The number of rotatable bonds is 2. The lowest BCUT2D eigenvalue weighted by atomic mass is 9.96. The van der Waals surface area contributed by atoms with Crippen molar-refractivity contribution in [2.45, 2.75) is 25.3 Å². The highest BCUT2D eigenvalue weighted by molar-refractivity contribution is 5.87. The van der Waals surface area contributed by atoms with E-state index in [-0.39, 0.29) is 0 Å². The highest BCUT2D eigenvalue weighted by Crippen LogP contribution is 2.32. The molecule has 0 spiro atoms. The first kappa shape index (κ1) is 11.6. The van der Waals surface area contributed by atoms with E-state index in [9.17, 15) is 0 Å². The molecule has 18 heavy (non-hydrogen) atoms. The van der Waals surface area contributed by atoms with E-state index in [4.69, 9.17) is 4.74 Å². The van der Waals surface area contributed by atoms with Crippen LogP contribution in [0.5, 0.6) is 5.75 Å². The zero-order chi connectivity index (χ0) is 12.5. The fourth-order valence-electron chi connectivity index (χ4n) is 2.87. The summed E-state index contributed by atoms with van der Waals surface area (Å²) in [5.74, 6) is 0.982. The molecule has 0 bridgehead atoms. The van der Waals surface area contributed by atoms with Gasteiger partial charge in [0.15, 0.2) is 0 Å². The third-order valence-electron chi connectivity index (χ3n) is 3.92. The molecule has 0 amide bonds. The molecule has 1 aliphatic heterocycles. The van der Waals surface area contributed by atoms with Gasteiger partial charge in [0, 0.05) is 24.7 Å². The van der Waals surface area contributed by atoms with E-state index in [0.717, 1.165) is 12.3 Å². The minimum atomic E-state index is 0.479. The summed E-state index contributed by atoms with van der Waals surface area (Å²) in [4.78, 5) is 0. The molecule has 1 N–H and O–H groups in total. The van der Waals surface area contributed by atoms with E-state index in [0.29, 0.717) is 6.04 Å². The number of aryl methyl sites for hydroxylation is 1. The van der Waals surface area contributed by atoms with Crippen molar-refractivity contribution in [1.82, 2.24) is 9.88 Å². The number of fused-ring (bicyclic) bond motifs is 1. The van der Waals surface area contributed by atoms with Crippen LogP contribution in [0, 0.1) is 0 Å². The number of piperidine rings is 1. The largest absolute Gasteiger partial charge is 0.496 e. The van der Waals surface area contributed by atoms with Gasteiger partial charge in [-0.25, -0.2) is 0 Å². The van der Waals surface area contributed by atoms with Crippen molar-refractivity contribution < 1.29 is 4.74 Å². The Morgan fingerprint density at radius 3 is 2.94 bits per heavy atom. The highest BCUT2D eigenvalue weighted by atomic mass is 16.5. The van der Waals surface area contributed by atoms with Crippen LogP contribution in [0.25, 0.3) is 10.9 Å². The molecule has 1 aromatic carbocycles. The van der Waals surface area contributed by atoms with Crippen molar-refractivity contribution in [3.63, 3.8) is 0 Å². The molecule has 96 valence electrons. The first-order chi connectivity index (χ1) is 8.79. The van der Waals surface area contributed by atoms with Crippen molar-refractivity contribution >= 4 is 10.9 Å². The van der Waals surface area contributed by atoms with Crippen LogP contribution in [-0.2, 0) is 7.05 Å². The second-order valence-corrected chi connectivity index (χ2v) is 5.09. The number of methoxy groups -OCH3 is 1. The molecular weight excluding hydrogens is 224 g/mol. The molecule has 2 aromatic rings. The topological polar surface area (TPSA) is 26.2 Å². The molecule has 0 saturated carbocycles. The summed E-state index contributed by atoms with van der Waals surface area (Å²) in [6.45, 7) is 1.12. The number of hydrogen-bond acceptors (Lipinski definition) is 2. The molecule has 1 atom stereocenters. The number of benzene rings is 1. The number of aromatic nitrogens is 1. The summed E-state index contributed by atoms with van der Waals surface area (Å²) in [6, 6.07) is 7.07. The minimum Gasteiger partial charge on any atom is -0.496 e. The fourth-order valence-corrected chi connectivity index (χ4v) is 2.87. The van der Waals surface area contributed by atoms with Crippen molar-refractivity contribution in [2.75, 3.05) is 13.7 Å². The van der Waals surface area contributed by atoms with Gasteiger partial charge in [0.2, 0.25) is 0 Å². The first-order valence-corrected chi connectivity index (χ1v) is 6.66. The standard InChI is InChI=1S/C15H20N2O/c1-17-8-6-12-14(17)9-11(10-15(12)18-2)13-5-3-4-7-16-13/h6,8-10,13,16H,3-5,7H2,1-2H3. The number of hydrogen-bond donors (Lipinski definition) is 1. The predicted octanol–water partition coefficient (Wildman–Crippen LogP) is 3.00. The molecule has 0 aliphatic carbocycles. The SMILES string of the molecule is COc1cc(C2CCCCN2)cc2c1ccn2C. The maximum atomic E-state index is 5.53. The lowest BCUT2D eigenvalue weighted by molar-refractivity contribution is 0.403. The number of ether oxygens (including phenoxy) is 1. The third-order valence-corrected chi connectivity index (χ3v) is 3.92. The lowest BCUT2D eigenvalue weighted by Crippen LogP contribution is -2.26. The molecule has 1 unspecified atom stereocenters. The first-order valence-electron chi connectivity index (χ1n) is 6.66. The molecule has 3 nitrogen and oxygen atoms in total. The van der Waals surface area contributed by atoms with E-state index in [2.05, 4.69) is 41.3 Å². The van der Waals surface area contributed by atoms with Crippen LogP contribution < -0.4 is 10.1 Å². The van der Waals surface area contributed by atoms with E-state index < -0.39 is 0 Å². The highest BCUT2D eigenvalue weighted by Gasteiger charge is 2.17. The van der Waals surface area contributed by atoms with Gasteiger partial charge in [0.1, 0.15) is 5.75 Å². The quantitative estimate of drug-likeness (QED) is 0.879. The molecular formula is C15H20N2O. The average Bonchev–Trinajstić information content (AvgIpc) is 2.81. The Morgan fingerprint density at radius 1 is 1.33 bits per heavy atom. The van der Waals surface area contributed by atoms with Crippen LogP contribution in [0.3, 0.4) is 0 Å². The fraction of sp³-hybridized carbons (Fsp3) is 0.467. The summed E-state index contributed by atoms with van der Waals surface area (Å²) < 4.78 is 7.69. The van der Waals surface area contributed by atoms with Crippen LogP contribution in [-0.4, -0.2) is 18.2 Å². The Morgan fingerprint density at radius 2 is 2.22 bits per heavy atom. The summed E-state index contributed by atoms with van der Waals surface area (Å²) in [6.07, 6.45) is 5.91. The molecule has 1 aliphatic rings. The van der Waals surface area contributed by atoms with E-state index in [1.54, 1.807) is 7.11 Å². The van der Waals surface area contributed by atoms with Gasteiger partial charge < -0.3 is 14.6 Å². The molecule has 3 heteroatoms. The summed E-state index contributed by atoms with van der Waals surface area (Å²) in [5, 5.41) is 4.79. The average molecular weight is 244 g/mol. The van der Waals surface area contributed by atoms with Gasteiger partial charge >= 0.3 is 0 Å². The van der Waals surface area contributed by atoms with Gasteiger partial charge in [0.25, 0.3) is 0 Å². The molecule has 1 aromatic heterocycles. The summed E-state index contributed by atoms with van der Waals surface area (Å²) >= 11 is 0. The normalized spacial score (nSPS) is 20.2. The molecule has 3 rings (SSSR count). The Balaban J connectivity index is 2.08. The van der Waals surface area contributed by atoms with Gasteiger partial charge in [0.05, 0.1) is 12.6 Å². The number of nitrogens with one attached hydrogen (secondary N) is 1. The van der Waals surface area contributed by atoms with Gasteiger partial charge in [-0.1, -0.05) is 6.42 Å². The van der Waals surface area contributed by atoms with Crippen molar-refractivity contribution in [1.29, 1.82) is 0 Å². The Kier molecular flexibility index (Phi) is 3.00. The van der Waals surface area contributed by atoms with Gasteiger partial charge in [-0.15, -0.1) is 0 Å². The van der Waals surface area contributed by atoms with Crippen LogP contribution >= 0.6 is 0 Å². The third kappa shape index (κ3) is 1.89. The monoisotopic (exact) mass is 244 g/mol. The van der Waals surface area contributed by atoms with Crippen LogP contribution in [0.1, 0.15) is 30.9 Å². The predicted molar refractivity (Wildman–Crippen MR) is 74.1 cm³/mol. The maximum Gasteiger partial charge on any atom is 0.128 e. The number of nitrogens with zero attached hydrogens (tertiary/aromatic N) is 1. The van der Waals surface area contributed by atoms with Crippen molar-refractivity contribution in [2.24, 2.45) is 7.05 Å². The van der Waals surface area contributed by atoms with E-state index in [1.807, 2.05) is 0 Å². The Labute approximate surface area is 108 Å². The maximum absolute atomic E-state index is 5.53. The lowest BCUT2D eigenvalue weighted by Gasteiger charge is -2.24. The molecule has 1 fully saturated rings. The smallest absolute Gasteiger partial charge is 0.128 e. The van der Waals surface area contributed by atoms with Crippen molar-refractivity contribution in [3.8, 4) is 5.75 Å². The van der Waals surface area contributed by atoms with Gasteiger partial charge in [-0.05, 0) is 43.1 Å². The van der Waals surface area contributed by atoms with Crippen LogP contribution in [0.15, 0.2) is 24.4 Å². The van der Waals surface area contributed by atoms with E-state index >= 15 is 0 Å². The summed E-state index contributed by atoms with van der Waals surface area (Å²) in [5.41, 5.74) is 2.59. The second kappa shape index (κ2) is 4.65. The van der Waals surface area contributed by atoms with Gasteiger partial charge in [-0.2, -0.15) is 0 Å². The molecule has 1 saturated heterocycles. The second-order valence-electron chi connectivity index (χ2n) is 5.09. The zero-order valence-electron chi connectivity index (χ0n) is 11.1.